The second-order valence-corrected chi connectivity index (χ2v) is 7.84. The van der Waals surface area contributed by atoms with E-state index in [4.69, 9.17) is 4.74 Å². The Morgan fingerprint density at radius 1 is 1.13 bits per heavy atom. The van der Waals surface area contributed by atoms with Crippen molar-refractivity contribution in [1.29, 1.82) is 0 Å². The largest absolute Gasteiger partial charge is 0.378 e. The summed E-state index contributed by atoms with van der Waals surface area (Å²) in [5, 5.41) is 6.67. The first-order valence-electron chi connectivity index (χ1n) is 10.6. The molecule has 1 atom stereocenters. The number of rotatable bonds is 6. The molecule has 2 saturated heterocycles. The first-order chi connectivity index (χ1) is 15.2. The van der Waals surface area contributed by atoms with Crippen LogP contribution in [-0.4, -0.2) is 65.5 Å². The molecular weight excluding hydrogens is 404 g/mol. The van der Waals surface area contributed by atoms with E-state index in [-0.39, 0.29) is 5.82 Å². The van der Waals surface area contributed by atoms with Crippen molar-refractivity contribution in [3.8, 4) is 5.82 Å². The minimum atomic E-state index is -2.73. The molecule has 1 unspecified atom stereocenters. The predicted octanol–water partition coefficient (Wildman–Crippen LogP) is 2.61. The molecule has 3 aromatic rings. The van der Waals surface area contributed by atoms with Crippen LogP contribution in [0, 0.1) is 5.92 Å². The first kappa shape index (κ1) is 20.1. The van der Waals surface area contributed by atoms with Gasteiger partial charge in [-0.05, 0) is 37.6 Å². The van der Waals surface area contributed by atoms with Crippen LogP contribution in [0.1, 0.15) is 18.7 Å². The highest BCUT2D eigenvalue weighted by molar-refractivity contribution is 5.78. The van der Waals surface area contributed by atoms with Gasteiger partial charge in [0.15, 0.2) is 5.82 Å². The van der Waals surface area contributed by atoms with Crippen LogP contribution in [0.4, 0.5) is 20.5 Å². The number of imidazole rings is 1. The topological polar surface area (TPSA) is 80.1 Å². The van der Waals surface area contributed by atoms with Crippen molar-refractivity contribution in [2.45, 2.75) is 12.8 Å². The minimum absolute atomic E-state index is 0.321. The molecule has 0 aliphatic carbocycles. The van der Waals surface area contributed by atoms with E-state index in [0.717, 1.165) is 26.1 Å². The average Bonchev–Trinajstić information content (AvgIpc) is 3.46. The van der Waals surface area contributed by atoms with Crippen LogP contribution < -0.4 is 15.5 Å². The van der Waals surface area contributed by atoms with Crippen molar-refractivity contribution >= 4 is 22.8 Å². The number of aromatic nitrogens is 4. The third-order valence-corrected chi connectivity index (χ3v) is 5.76. The van der Waals surface area contributed by atoms with Crippen molar-refractivity contribution in [3.63, 3.8) is 0 Å². The Balaban J connectivity index is 1.57. The van der Waals surface area contributed by atoms with Crippen molar-refractivity contribution < 1.29 is 13.5 Å². The van der Waals surface area contributed by atoms with Gasteiger partial charge in [-0.2, -0.15) is 9.97 Å². The third kappa shape index (κ3) is 4.17. The van der Waals surface area contributed by atoms with Crippen LogP contribution >= 0.6 is 0 Å². The molecule has 4 heterocycles. The van der Waals surface area contributed by atoms with Gasteiger partial charge in [-0.3, -0.25) is 4.57 Å². The van der Waals surface area contributed by atoms with Gasteiger partial charge in [0, 0.05) is 25.7 Å². The number of anilines is 2. The fourth-order valence-corrected chi connectivity index (χ4v) is 4.13. The maximum Gasteiger partial charge on any atom is 0.296 e. The Labute approximate surface area is 178 Å². The molecule has 0 amide bonds. The zero-order valence-corrected chi connectivity index (χ0v) is 17.1. The maximum atomic E-state index is 13.9. The van der Waals surface area contributed by atoms with Gasteiger partial charge in [-0.15, -0.1) is 0 Å². The smallest absolute Gasteiger partial charge is 0.296 e. The normalized spacial score (nSPS) is 19.5. The summed E-state index contributed by atoms with van der Waals surface area (Å²) in [4.78, 5) is 15.6. The highest BCUT2D eigenvalue weighted by Gasteiger charge is 2.23. The summed E-state index contributed by atoms with van der Waals surface area (Å²) >= 11 is 0. The number of nitrogens with one attached hydrogen (secondary N) is 2. The molecule has 2 aromatic heterocycles. The SMILES string of the molecule is FC(F)c1nc2ccccc2n1-c1cc(N2CCOCC2)nc(NCC2CCNC2)n1. The van der Waals surface area contributed by atoms with Gasteiger partial charge in [-0.25, -0.2) is 13.8 Å². The predicted molar refractivity (Wildman–Crippen MR) is 114 cm³/mol. The van der Waals surface area contributed by atoms with Gasteiger partial charge < -0.3 is 20.3 Å². The van der Waals surface area contributed by atoms with Crippen LogP contribution in [0.2, 0.25) is 0 Å². The van der Waals surface area contributed by atoms with E-state index in [1.54, 1.807) is 24.3 Å². The molecule has 31 heavy (non-hydrogen) atoms. The standard InChI is InChI=1S/C21H25F2N7O/c22-19(23)20-26-15-3-1-2-4-16(15)30(20)18-11-17(29-7-9-31-10-8-29)27-21(28-18)25-13-14-5-6-24-12-14/h1-4,11,14,19,24H,5-10,12-13H2,(H,25,27,28). The molecule has 0 saturated carbocycles. The van der Waals surface area contributed by atoms with Gasteiger partial charge >= 0.3 is 0 Å². The first-order valence-corrected chi connectivity index (χ1v) is 10.6. The number of alkyl halides is 2. The molecule has 0 spiro atoms. The summed E-state index contributed by atoms with van der Waals surface area (Å²) in [6.07, 6.45) is -1.64. The number of fused-ring (bicyclic) bond motifs is 1. The molecule has 8 nitrogen and oxygen atoms in total. The van der Waals surface area contributed by atoms with E-state index in [1.807, 2.05) is 6.07 Å². The van der Waals surface area contributed by atoms with Gasteiger partial charge in [0.05, 0.1) is 24.2 Å². The molecular formula is C21H25F2N7O. The van der Waals surface area contributed by atoms with E-state index >= 15 is 0 Å². The maximum absolute atomic E-state index is 13.9. The summed E-state index contributed by atoms with van der Waals surface area (Å²) in [6, 6.07) is 8.87. The zero-order chi connectivity index (χ0) is 21.2. The lowest BCUT2D eigenvalue weighted by Crippen LogP contribution is -2.37. The lowest BCUT2D eigenvalue weighted by molar-refractivity contribution is 0.122. The van der Waals surface area contributed by atoms with Crippen molar-refractivity contribution in [1.82, 2.24) is 24.8 Å². The lowest BCUT2D eigenvalue weighted by atomic mass is 10.1. The Morgan fingerprint density at radius 3 is 2.71 bits per heavy atom. The Kier molecular flexibility index (Phi) is 5.65. The second kappa shape index (κ2) is 8.72. The summed E-state index contributed by atoms with van der Waals surface area (Å²) in [5.74, 6) is 1.68. The Morgan fingerprint density at radius 2 is 1.94 bits per heavy atom. The highest BCUT2D eigenvalue weighted by atomic mass is 19.3. The summed E-state index contributed by atoms with van der Waals surface area (Å²) in [6.45, 7) is 5.27. The molecule has 2 aliphatic heterocycles. The minimum Gasteiger partial charge on any atom is -0.378 e. The van der Waals surface area contributed by atoms with E-state index in [1.165, 1.54) is 4.57 Å². The number of para-hydroxylation sites is 2. The van der Waals surface area contributed by atoms with Crippen LogP contribution in [0.5, 0.6) is 0 Å². The summed E-state index contributed by atoms with van der Waals surface area (Å²) in [5.41, 5.74) is 1.10. The zero-order valence-electron chi connectivity index (χ0n) is 17.1. The van der Waals surface area contributed by atoms with Gasteiger partial charge in [0.25, 0.3) is 6.43 Å². The van der Waals surface area contributed by atoms with Crippen LogP contribution in [-0.2, 0) is 4.74 Å². The number of benzene rings is 1. The number of hydrogen-bond donors (Lipinski definition) is 2. The van der Waals surface area contributed by atoms with Crippen molar-refractivity contribution in [3.05, 3.63) is 36.2 Å². The monoisotopic (exact) mass is 429 g/mol. The van der Waals surface area contributed by atoms with Gasteiger partial charge in [-0.1, -0.05) is 12.1 Å². The molecule has 2 aliphatic rings. The second-order valence-electron chi connectivity index (χ2n) is 7.84. The van der Waals surface area contributed by atoms with Crippen molar-refractivity contribution in [2.75, 3.05) is 56.2 Å². The molecule has 5 rings (SSSR count). The number of morpholine rings is 1. The van der Waals surface area contributed by atoms with E-state index < -0.39 is 6.43 Å². The lowest BCUT2D eigenvalue weighted by Gasteiger charge is -2.28. The average molecular weight is 429 g/mol. The number of hydrogen-bond acceptors (Lipinski definition) is 7. The molecule has 1 aromatic carbocycles. The molecule has 164 valence electrons. The molecule has 2 N–H and O–H groups in total. The Hall–Kier alpha value is -2.85. The van der Waals surface area contributed by atoms with Gasteiger partial charge in [0.1, 0.15) is 11.6 Å². The molecule has 10 heteroatoms. The van der Waals surface area contributed by atoms with E-state index in [0.29, 0.717) is 60.8 Å². The van der Waals surface area contributed by atoms with Crippen molar-refractivity contribution in [2.24, 2.45) is 5.92 Å². The molecule has 2 fully saturated rings. The summed E-state index contributed by atoms with van der Waals surface area (Å²) < 4.78 is 34.7. The van der Waals surface area contributed by atoms with Crippen LogP contribution in [0.25, 0.3) is 16.9 Å². The summed E-state index contributed by atoms with van der Waals surface area (Å²) in [7, 11) is 0. The number of ether oxygens (including phenoxy) is 1. The quantitative estimate of drug-likeness (QED) is 0.624. The highest BCUT2D eigenvalue weighted by Crippen LogP contribution is 2.29. The van der Waals surface area contributed by atoms with Crippen LogP contribution in [0.3, 0.4) is 0 Å². The number of nitrogens with zero attached hydrogens (tertiary/aromatic N) is 5. The van der Waals surface area contributed by atoms with E-state index in [2.05, 4.69) is 30.5 Å². The molecule has 0 bridgehead atoms. The van der Waals surface area contributed by atoms with Gasteiger partial charge in [0.2, 0.25) is 5.95 Å². The number of halogens is 2. The fraction of sp³-hybridized carbons (Fsp3) is 0.476. The Bertz CT molecular complexity index is 1050. The third-order valence-electron chi connectivity index (χ3n) is 5.76. The van der Waals surface area contributed by atoms with E-state index in [9.17, 15) is 8.78 Å². The molecule has 0 radical (unpaired) electrons. The fourth-order valence-electron chi connectivity index (χ4n) is 4.13. The van der Waals surface area contributed by atoms with Crippen LogP contribution in [0.15, 0.2) is 30.3 Å².